The van der Waals surface area contributed by atoms with Crippen molar-refractivity contribution < 1.29 is 22.5 Å². The largest absolute Gasteiger partial charge is 0.422 e. The number of rotatable bonds is 3. The number of aryl methyl sites for hydroxylation is 1. The lowest BCUT2D eigenvalue weighted by atomic mass is 10.2. The fraction of sp³-hybridized carbons (Fsp3) is 0.100. The minimum atomic E-state index is -4.42. The molecule has 16 heavy (non-hydrogen) atoms. The molecule has 0 saturated heterocycles. The summed E-state index contributed by atoms with van der Waals surface area (Å²) in [6.07, 6.45) is 0.903. The first-order valence-corrected chi connectivity index (χ1v) is 5.71. The summed E-state index contributed by atoms with van der Waals surface area (Å²) in [6.45, 7) is 4.75. The second kappa shape index (κ2) is 4.46. The Hall–Kier alpha value is -1.66. The van der Waals surface area contributed by atoms with Crippen LogP contribution in [0.5, 0.6) is 5.75 Å². The van der Waals surface area contributed by atoms with Crippen molar-refractivity contribution in [3.8, 4) is 5.75 Å². The number of benzene rings is 1. The fourth-order valence-electron chi connectivity index (χ4n) is 1.10. The molecule has 1 aromatic carbocycles. The van der Waals surface area contributed by atoms with Gasteiger partial charge in [0, 0.05) is 6.08 Å². The molecule has 6 heteroatoms. The molecule has 0 saturated carbocycles. The summed E-state index contributed by atoms with van der Waals surface area (Å²) < 4.78 is 35.7. The number of para-hydroxylation sites is 1. The van der Waals surface area contributed by atoms with Gasteiger partial charge in [0.15, 0.2) is 5.75 Å². The van der Waals surface area contributed by atoms with Crippen molar-refractivity contribution in [2.75, 3.05) is 0 Å². The van der Waals surface area contributed by atoms with Crippen LogP contribution in [0.1, 0.15) is 5.56 Å². The van der Waals surface area contributed by atoms with Gasteiger partial charge in [0.05, 0.1) is 0 Å². The third kappa shape index (κ3) is 2.68. The van der Waals surface area contributed by atoms with Crippen molar-refractivity contribution in [2.45, 2.75) is 11.8 Å². The van der Waals surface area contributed by atoms with Crippen molar-refractivity contribution >= 4 is 16.1 Å². The van der Waals surface area contributed by atoms with Gasteiger partial charge in [-0.3, -0.25) is 4.55 Å². The van der Waals surface area contributed by atoms with E-state index in [9.17, 15) is 13.2 Å². The topological polar surface area (TPSA) is 80.7 Å². The maximum absolute atomic E-state index is 11.0. The van der Waals surface area contributed by atoms with Gasteiger partial charge in [0.25, 0.3) is 10.1 Å². The highest BCUT2D eigenvalue weighted by molar-refractivity contribution is 7.86. The summed E-state index contributed by atoms with van der Waals surface area (Å²) >= 11 is 0. The van der Waals surface area contributed by atoms with Crippen molar-refractivity contribution in [3.05, 3.63) is 36.4 Å². The lowest BCUT2D eigenvalue weighted by Crippen LogP contribution is -2.09. The zero-order valence-corrected chi connectivity index (χ0v) is 9.32. The zero-order valence-electron chi connectivity index (χ0n) is 8.50. The molecule has 1 aromatic rings. The van der Waals surface area contributed by atoms with Gasteiger partial charge in [0.2, 0.25) is 0 Å². The summed E-state index contributed by atoms with van der Waals surface area (Å²) in [4.78, 5) is 10.6. The van der Waals surface area contributed by atoms with E-state index in [4.69, 9.17) is 9.29 Å². The SMILES string of the molecule is C=CC(=O)Oc1c(C)cccc1S(=O)(=O)O. The molecule has 5 nitrogen and oxygen atoms in total. The highest BCUT2D eigenvalue weighted by Crippen LogP contribution is 2.27. The van der Waals surface area contributed by atoms with Gasteiger partial charge in [-0.25, -0.2) is 4.79 Å². The molecule has 0 aliphatic heterocycles. The molecule has 86 valence electrons. The Morgan fingerprint density at radius 3 is 2.62 bits per heavy atom. The molecular weight excluding hydrogens is 232 g/mol. The van der Waals surface area contributed by atoms with Crippen LogP contribution in [-0.2, 0) is 14.9 Å². The number of hydrogen-bond donors (Lipinski definition) is 1. The van der Waals surface area contributed by atoms with Crippen LogP contribution >= 0.6 is 0 Å². The molecule has 0 heterocycles. The summed E-state index contributed by atoms with van der Waals surface area (Å²) in [5.41, 5.74) is 0.422. The predicted molar refractivity (Wildman–Crippen MR) is 56.8 cm³/mol. The lowest BCUT2D eigenvalue weighted by molar-refractivity contribution is -0.129. The first-order valence-electron chi connectivity index (χ1n) is 4.27. The average Bonchev–Trinajstić information content (AvgIpc) is 2.19. The predicted octanol–water partition coefficient (Wildman–Crippen LogP) is 1.33. The van der Waals surface area contributed by atoms with Crippen molar-refractivity contribution in [3.63, 3.8) is 0 Å². The summed E-state index contributed by atoms with van der Waals surface area (Å²) in [7, 11) is -4.42. The van der Waals surface area contributed by atoms with Gasteiger partial charge in [-0.2, -0.15) is 8.42 Å². The molecule has 1 rings (SSSR count). The van der Waals surface area contributed by atoms with Crippen LogP contribution in [0.25, 0.3) is 0 Å². The van der Waals surface area contributed by atoms with Crippen molar-refractivity contribution in [1.29, 1.82) is 0 Å². The number of carbonyl (C=O) groups excluding carboxylic acids is 1. The van der Waals surface area contributed by atoms with Gasteiger partial charge < -0.3 is 4.74 Å². The Morgan fingerprint density at radius 2 is 2.12 bits per heavy atom. The quantitative estimate of drug-likeness (QED) is 0.374. The zero-order chi connectivity index (χ0) is 12.3. The highest BCUT2D eigenvalue weighted by atomic mass is 32.2. The van der Waals surface area contributed by atoms with Crippen LogP contribution in [0.15, 0.2) is 35.7 Å². The molecule has 0 radical (unpaired) electrons. The maximum Gasteiger partial charge on any atom is 0.335 e. The molecule has 0 unspecified atom stereocenters. The van der Waals surface area contributed by atoms with E-state index in [2.05, 4.69) is 6.58 Å². The van der Waals surface area contributed by atoms with Crippen LogP contribution < -0.4 is 4.74 Å². The third-order valence-electron chi connectivity index (χ3n) is 1.82. The Kier molecular flexibility index (Phi) is 3.46. The minimum Gasteiger partial charge on any atom is -0.422 e. The Bertz CT molecular complexity index is 530. The van der Waals surface area contributed by atoms with Crippen LogP contribution in [0.4, 0.5) is 0 Å². The van der Waals surface area contributed by atoms with E-state index in [1.54, 1.807) is 13.0 Å². The molecule has 1 N–H and O–H groups in total. The maximum atomic E-state index is 11.0. The summed E-state index contributed by atoms with van der Waals surface area (Å²) in [5, 5.41) is 0. The molecule has 0 amide bonds. The van der Waals surface area contributed by atoms with E-state index in [0.717, 1.165) is 12.1 Å². The van der Waals surface area contributed by atoms with Crippen molar-refractivity contribution in [2.24, 2.45) is 0 Å². The molecular formula is C10H10O5S. The molecule has 0 spiro atoms. The normalized spacial score (nSPS) is 10.9. The monoisotopic (exact) mass is 242 g/mol. The first kappa shape index (κ1) is 12.4. The number of hydrogen-bond acceptors (Lipinski definition) is 4. The molecule has 0 atom stereocenters. The lowest BCUT2D eigenvalue weighted by Gasteiger charge is -2.09. The summed E-state index contributed by atoms with van der Waals surface area (Å²) in [6, 6.07) is 4.14. The molecule has 0 fully saturated rings. The van der Waals surface area contributed by atoms with Gasteiger partial charge >= 0.3 is 5.97 Å². The van der Waals surface area contributed by atoms with Crippen molar-refractivity contribution in [1.82, 2.24) is 0 Å². The van der Waals surface area contributed by atoms with E-state index >= 15 is 0 Å². The second-order valence-electron chi connectivity index (χ2n) is 3.00. The first-order chi connectivity index (χ1) is 7.36. The van der Waals surface area contributed by atoms with Crippen LogP contribution in [-0.4, -0.2) is 18.9 Å². The molecule has 0 bridgehead atoms. The van der Waals surface area contributed by atoms with E-state index in [-0.39, 0.29) is 5.75 Å². The Labute approximate surface area is 93.1 Å². The summed E-state index contributed by atoms with van der Waals surface area (Å²) in [5.74, 6) is -0.978. The molecule has 0 aromatic heterocycles. The Morgan fingerprint density at radius 1 is 1.50 bits per heavy atom. The van der Waals surface area contributed by atoms with E-state index in [1.807, 2.05) is 0 Å². The van der Waals surface area contributed by atoms with Crippen LogP contribution in [0.3, 0.4) is 0 Å². The van der Waals surface area contributed by atoms with Gasteiger partial charge in [-0.1, -0.05) is 18.7 Å². The smallest absolute Gasteiger partial charge is 0.335 e. The standard InChI is InChI=1S/C10H10O5S/c1-3-9(11)15-10-7(2)5-4-6-8(10)16(12,13)14/h3-6H,1H2,2H3,(H,12,13,14). The average molecular weight is 242 g/mol. The van der Waals surface area contributed by atoms with Gasteiger partial charge in [0.1, 0.15) is 4.90 Å². The van der Waals surface area contributed by atoms with E-state index < -0.39 is 21.0 Å². The van der Waals surface area contributed by atoms with E-state index in [1.165, 1.54) is 6.07 Å². The number of ether oxygens (including phenoxy) is 1. The number of carbonyl (C=O) groups is 1. The highest BCUT2D eigenvalue weighted by Gasteiger charge is 2.19. The number of esters is 1. The van der Waals surface area contributed by atoms with Gasteiger partial charge in [-0.15, -0.1) is 0 Å². The van der Waals surface area contributed by atoms with E-state index in [0.29, 0.717) is 5.56 Å². The van der Waals surface area contributed by atoms with Crippen LogP contribution in [0.2, 0.25) is 0 Å². The molecule has 0 aliphatic carbocycles. The third-order valence-corrected chi connectivity index (χ3v) is 2.70. The van der Waals surface area contributed by atoms with Gasteiger partial charge in [-0.05, 0) is 18.6 Å². The fourth-order valence-corrected chi connectivity index (χ4v) is 1.79. The second-order valence-corrected chi connectivity index (χ2v) is 4.39. The van der Waals surface area contributed by atoms with Crippen LogP contribution in [0, 0.1) is 6.92 Å². The Balaban J connectivity index is 3.35. The minimum absolute atomic E-state index is 0.185. The molecule has 0 aliphatic rings.